The van der Waals surface area contributed by atoms with Crippen molar-refractivity contribution >= 4 is 17.5 Å². The van der Waals surface area contributed by atoms with Crippen molar-refractivity contribution in [1.82, 2.24) is 5.32 Å². The molecule has 1 N–H and O–H groups in total. The predicted octanol–water partition coefficient (Wildman–Crippen LogP) is 2.76. The standard InChI is InChI=1S/C12H12ClFN2O/c1-7(2)10(6-15)16-12(17)8-4-3-5-9(14)11(8)13/h3-5,7,10H,1-2H3,(H,16,17). The highest BCUT2D eigenvalue weighted by Gasteiger charge is 2.19. The van der Waals surface area contributed by atoms with E-state index in [2.05, 4.69) is 5.32 Å². The van der Waals surface area contributed by atoms with E-state index in [-0.39, 0.29) is 16.5 Å². The van der Waals surface area contributed by atoms with E-state index >= 15 is 0 Å². The molecule has 0 aliphatic rings. The Hall–Kier alpha value is -1.60. The van der Waals surface area contributed by atoms with Crippen LogP contribution in [-0.4, -0.2) is 11.9 Å². The van der Waals surface area contributed by atoms with E-state index in [1.807, 2.05) is 6.07 Å². The zero-order chi connectivity index (χ0) is 13.0. The number of nitrogens with one attached hydrogen (secondary N) is 1. The van der Waals surface area contributed by atoms with Crippen LogP contribution in [0, 0.1) is 23.1 Å². The molecule has 5 heteroatoms. The molecule has 1 aromatic carbocycles. The third kappa shape index (κ3) is 3.18. The number of carbonyl (C=O) groups is 1. The number of amides is 1. The van der Waals surface area contributed by atoms with E-state index < -0.39 is 17.8 Å². The summed E-state index contributed by atoms with van der Waals surface area (Å²) in [7, 11) is 0. The van der Waals surface area contributed by atoms with Gasteiger partial charge in [-0.3, -0.25) is 4.79 Å². The van der Waals surface area contributed by atoms with Gasteiger partial charge in [-0.25, -0.2) is 4.39 Å². The molecule has 0 fully saturated rings. The van der Waals surface area contributed by atoms with Crippen LogP contribution < -0.4 is 5.32 Å². The van der Waals surface area contributed by atoms with Crippen LogP contribution in [0.25, 0.3) is 0 Å². The lowest BCUT2D eigenvalue weighted by molar-refractivity contribution is 0.0937. The molecule has 1 aromatic rings. The van der Waals surface area contributed by atoms with Crippen LogP contribution in [0.2, 0.25) is 5.02 Å². The van der Waals surface area contributed by atoms with Crippen LogP contribution in [0.5, 0.6) is 0 Å². The van der Waals surface area contributed by atoms with Crippen LogP contribution in [-0.2, 0) is 0 Å². The van der Waals surface area contributed by atoms with E-state index in [0.29, 0.717) is 0 Å². The first-order valence-electron chi connectivity index (χ1n) is 5.12. The molecule has 1 unspecified atom stereocenters. The number of halogens is 2. The Kier molecular flexibility index (Phi) is 4.47. The second-order valence-electron chi connectivity index (χ2n) is 3.93. The molecule has 0 saturated heterocycles. The number of carbonyl (C=O) groups excluding carboxylic acids is 1. The first-order chi connectivity index (χ1) is 7.97. The lowest BCUT2D eigenvalue weighted by Crippen LogP contribution is -2.37. The van der Waals surface area contributed by atoms with Crippen molar-refractivity contribution in [3.8, 4) is 6.07 Å². The zero-order valence-electron chi connectivity index (χ0n) is 9.50. The average Bonchev–Trinajstić information content (AvgIpc) is 2.28. The van der Waals surface area contributed by atoms with Crippen molar-refractivity contribution in [2.45, 2.75) is 19.9 Å². The maximum absolute atomic E-state index is 13.1. The molecule has 0 aromatic heterocycles. The fourth-order valence-electron chi connectivity index (χ4n) is 1.25. The molecule has 1 rings (SSSR count). The Balaban J connectivity index is 2.91. The van der Waals surface area contributed by atoms with Gasteiger partial charge >= 0.3 is 0 Å². The highest BCUT2D eigenvalue weighted by molar-refractivity contribution is 6.34. The van der Waals surface area contributed by atoms with Crippen molar-refractivity contribution in [3.05, 3.63) is 34.6 Å². The van der Waals surface area contributed by atoms with Crippen LogP contribution in [0.1, 0.15) is 24.2 Å². The van der Waals surface area contributed by atoms with Gasteiger partial charge in [0.1, 0.15) is 11.9 Å². The Morgan fingerprint density at radius 3 is 2.71 bits per heavy atom. The molecule has 1 amide bonds. The maximum Gasteiger partial charge on any atom is 0.253 e. The van der Waals surface area contributed by atoms with E-state index in [9.17, 15) is 9.18 Å². The summed E-state index contributed by atoms with van der Waals surface area (Å²) in [5.74, 6) is -1.23. The molecule has 0 spiro atoms. The van der Waals surface area contributed by atoms with E-state index in [1.54, 1.807) is 13.8 Å². The minimum absolute atomic E-state index is 0.0312. The summed E-state index contributed by atoms with van der Waals surface area (Å²) in [4.78, 5) is 11.8. The van der Waals surface area contributed by atoms with Gasteiger partial charge in [-0.2, -0.15) is 5.26 Å². The summed E-state index contributed by atoms with van der Waals surface area (Å²) >= 11 is 5.68. The van der Waals surface area contributed by atoms with Crippen LogP contribution in [0.3, 0.4) is 0 Å². The van der Waals surface area contributed by atoms with Crippen LogP contribution in [0.15, 0.2) is 18.2 Å². The molecule has 0 saturated carbocycles. The van der Waals surface area contributed by atoms with Gasteiger partial charge < -0.3 is 5.32 Å². The third-order valence-electron chi connectivity index (χ3n) is 2.29. The second-order valence-corrected chi connectivity index (χ2v) is 4.30. The highest BCUT2D eigenvalue weighted by Crippen LogP contribution is 2.19. The number of nitrogens with zero attached hydrogens (tertiary/aromatic N) is 1. The maximum atomic E-state index is 13.1. The molecule has 17 heavy (non-hydrogen) atoms. The number of hydrogen-bond donors (Lipinski definition) is 1. The van der Waals surface area contributed by atoms with Crippen molar-refractivity contribution in [1.29, 1.82) is 5.26 Å². The topological polar surface area (TPSA) is 52.9 Å². The summed E-state index contributed by atoms with van der Waals surface area (Å²) in [6.07, 6.45) is 0. The van der Waals surface area contributed by atoms with E-state index in [0.717, 1.165) is 0 Å². The molecular weight excluding hydrogens is 243 g/mol. The molecule has 0 aliphatic heterocycles. The molecule has 3 nitrogen and oxygen atoms in total. The largest absolute Gasteiger partial charge is 0.336 e. The zero-order valence-corrected chi connectivity index (χ0v) is 10.3. The SMILES string of the molecule is CC(C)C(C#N)NC(=O)c1cccc(F)c1Cl. The van der Waals surface area contributed by atoms with Gasteiger partial charge in [0.15, 0.2) is 0 Å². The van der Waals surface area contributed by atoms with E-state index in [1.165, 1.54) is 18.2 Å². The molecule has 0 radical (unpaired) electrons. The fourth-order valence-corrected chi connectivity index (χ4v) is 1.46. The number of rotatable bonds is 3. The third-order valence-corrected chi connectivity index (χ3v) is 2.67. The summed E-state index contributed by atoms with van der Waals surface area (Å²) in [5.41, 5.74) is 0.0348. The van der Waals surface area contributed by atoms with Gasteiger partial charge in [0.2, 0.25) is 0 Å². The Bertz CT molecular complexity index is 468. The lowest BCUT2D eigenvalue weighted by atomic mass is 10.1. The monoisotopic (exact) mass is 254 g/mol. The summed E-state index contributed by atoms with van der Waals surface area (Å²) in [6.45, 7) is 3.61. The van der Waals surface area contributed by atoms with Crippen molar-refractivity contribution in [2.24, 2.45) is 5.92 Å². The predicted molar refractivity (Wildman–Crippen MR) is 63.1 cm³/mol. The van der Waals surface area contributed by atoms with Crippen LogP contribution in [0.4, 0.5) is 4.39 Å². The second kappa shape index (κ2) is 5.65. The molecule has 90 valence electrons. The quantitative estimate of drug-likeness (QED) is 0.902. The summed E-state index contributed by atoms with van der Waals surface area (Å²) in [5, 5.41) is 11.1. The Morgan fingerprint density at radius 2 is 2.18 bits per heavy atom. The van der Waals surface area contributed by atoms with Gasteiger partial charge in [-0.15, -0.1) is 0 Å². The average molecular weight is 255 g/mol. The van der Waals surface area contributed by atoms with Gasteiger partial charge in [0.25, 0.3) is 5.91 Å². The first kappa shape index (κ1) is 13.5. The van der Waals surface area contributed by atoms with Crippen molar-refractivity contribution in [3.63, 3.8) is 0 Å². The van der Waals surface area contributed by atoms with Gasteiger partial charge in [0.05, 0.1) is 16.7 Å². The first-order valence-corrected chi connectivity index (χ1v) is 5.49. The van der Waals surface area contributed by atoms with Crippen LogP contribution >= 0.6 is 11.6 Å². The summed E-state index contributed by atoms with van der Waals surface area (Å²) in [6, 6.07) is 5.32. The van der Waals surface area contributed by atoms with Gasteiger partial charge in [0, 0.05) is 0 Å². The minimum Gasteiger partial charge on any atom is -0.336 e. The van der Waals surface area contributed by atoms with Crippen molar-refractivity contribution in [2.75, 3.05) is 0 Å². The molecular formula is C12H12ClFN2O. The van der Waals surface area contributed by atoms with E-state index in [4.69, 9.17) is 16.9 Å². The minimum atomic E-state index is -0.655. The fraction of sp³-hybridized carbons (Fsp3) is 0.333. The normalized spacial score (nSPS) is 12.0. The Morgan fingerprint density at radius 1 is 1.53 bits per heavy atom. The number of benzene rings is 1. The molecule has 0 heterocycles. The molecule has 0 aliphatic carbocycles. The molecule has 1 atom stereocenters. The van der Waals surface area contributed by atoms with Gasteiger partial charge in [-0.05, 0) is 18.1 Å². The van der Waals surface area contributed by atoms with Crippen molar-refractivity contribution < 1.29 is 9.18 Å². The smallest absolute Gasteiger partial charge is 0.253 e. The number of nitriles is 1. The Labute approximate surface area is 104 Å². The molecule has 0 bridgehead atoms. The highest BCUT2D eigenvalue weighted by atomic mass is 35.5. The summed E-state index contributed by atoms with van der Waals surface area (Å²) < 4.78 is 13.1. The lowest BCUT2D eigenvalue weighted by Gasteiger charge is -2.15. The number of hydrogen-bond acceptors (Lipinski definition) is 2. The van der Waals surface area contributed by atoms with Gasteiger partial charge in [-0.1, -0.05) is 31.5 Å².